The predicted molar refractivity (Wildman–Crippen MR) is 78.1 cm³/mol. The van der Waals surface area contributed by atoms with Crippen LogP contribution in [-0.2, 0) is 6.42 Å². The Morgan fingerprint density at radius 1 is 1.25 bits per heavy atom. The second-order valence-corrected chi connectivity index (χ2v) is 6.02. The van der Waals surface area contributed by atoms with Crippen molar-refractivity contribution in [2.75, 3.05) is 11.9 Å². The smallest absolute Gasteiger partial charge is 0.229 e. The van der Waals surface area contributed by atoms with E-state index in [4.69, 9.17) is 4.52 Å². The van der Waals surface area contributed by atoms with Gasteiger partial charge in [0.25, 0.3) is 0 Å². The lowest BCUT2D eigenvalue weighted by molar-refractivity contribution is 0.374. The molecule has 0 atom stereocenters. The lowest BCUT2D eigenvalue weighted by Crippen LogP contribution is -2.05. The summed E-state index contributed by atoms with van der Waals surface area (Å²) in [6.07, 6.45) is 3.13. The molecule has 20 heavy (non-hydrogen) atoms. The monoisotopic (exact) mass is 286 g/mol. The fourth-order valence-corrected chi connectivity index (χ4v) is 2.99. The van der Waals surface area contributed by atoms with Gasteiger partial charge in [-0.25, -0.2) is 4.98 Å². The van der Waals surface area contributed by atoms with Crippen LogP contribution in [0.3, 0.4) is 0 Å². The molecule has 1 aliphatic rings. The van der Waals surface area contributed by atoms with Crippen LogP contribution >= 0.6 is 11.3 Å². The van der Waals surface area contributed by atoms with E-state index in [1.165, 1.54) is 17.5 Å². The molecule has 0 unspecified atom stereocenters. The summed E-state index contributed by atoms with van der Waals surface area (Å²) in [5, 5.41) is 8.27. The molecule has 1 aromatic carbocycles. The van der Waals surface area contributed by atoms with Crippen molar-refractivity contribution in [2.45, 2.75) is 25.2 Å². The van der Waals surface area contributed by atoms with Gasteiger partial charge in [-0.05, 0) is 25.0 Å². The molecule has 1 N–H and O–H groups in total. The topological polar surface area (TPSA) is 63.8 Å². The van der Waals surface area contributed by atoms with Crippen molar-refractivity contribution < 1.29 is 4.52 Å². The zero-order chi connectivity index (χ0) is 13.4. The summed E-state index contributed by atoms with van der Waals surface area (Å²) in [5.74, 6) is 2.11. The predicted octanol–water partition coefficient (Wildman–Crippen LogP) is 3.21. The van der Waals surface area contributed by atoms with E-state index >= 15 is 0 Å². The van der Waals surface area contributed by atoms with Gasteiger partial charge in [0.15, 0.2) is 11.0 Å². The molecule has 1 fully saturated rings. The maximum absolute atomic E-state index is 5.24. The van der Waals surface area contributed by atoms with E-state index in [1.807, 2.05) is 18.2 Å². The lowest BCUT2D eigenvalue weighted by Gasteiger charge is -1.97. The van der Waals surface area contributed by atoms with Crippen molar-refractivity contribution in [2.24, 2.45) is 0 Å². The van der Waals surface area contributed by atoms with E-state index in [0.717, 1.165) is 35.3 Å². The van der Waals surface area contributed by atoms with Crippen molar-refractivity contribution in [3.8, 4) is 0 Å². The molecule has 0 aliphatic heterocycles. The molecule has 0 amide bonds. The number of nitrogens with one attached hydrogen (secondary N) is 1. The number of aromatic nitrogens is 3. The summed E-state index contributed by atoms with van der Waals surface area (Å²) in [7, 11) is 0. The Balaban J connectivity index is 1.37. The average molecular weight is 286 g/mol. The van der Waals surface area contributed by atoms with Crippen LogP contribution in [0, 0.1) is 0 Å². The number of anilines is 1. The summed E-state index contributed by atoms with van der Waals surface area (Å²) in [6, 6.07) is 8.14. The molecule has 3 aromatic rings. The zero-order valence-electron chi connectivity index (χ0n) is 10.9. The third kappa shape index (κ3) is 2.38. The Labute approximate surface area is 120 Å². The molecule has 0 bridgehead atoms. The summed E-state index contributed by atoms with van der Waals surface area (Å²) >= 11 is 1.67. The number of thiazole rings is 1. The van der Waals surface area contributed by atoms with Crippen molar-refractivity contribution >= 4 is 26.7 Å². The molecular weight excluding hydrogens is 272 g/mol. The van der Waals surface area contributed by atoms with Crippen LogP contribution < -0.4 is 5.32 Å². The quantitative estimate of drug-likeness (QED) is 0.780. The van der Waals surface area contributed by atoms with E-state index in [0.29, 0.717) is 5.92 Å². The molecule has 2 aromatic heterocycles. The summed E-state index contributed by atoms with van der Waals surface area (Å²) < 4.78 is 6.44. The molecule has 6 heteroatoms. The summed E-state index contributed by atoms with van der Waals surface area (Å²) in [4.78, 5) is 8.94. The van der Waals surface area contributed by atoms with Crippen LogP contribution in [0.4, 0.5) is 5.13 Å². The molecule has 5 nitrogen and oxygen atoms in total. The number of nitrogens with zero attached hydrogens (tertiary/aromatic N) is 3. The third-order valence-corrected chi connectivity index (χ3v) is 4.32. The molecule has 0 saturated heterocycles. The minimum Gasteiger partial charge on any atom is -0.361 e. The molecule has 0 spiro atoms. The molecule has 2 heterocycles. The van der Waals surface area contributed by atoms with Crippen LogP contribution in [0.1, 0.15) is 30.5 Å². The highest BCUT2D eigenvalue weighted by Gasteiger charge is 2.29. The minimum atomic E-state index is 0.522. The van der Waals surface area contributed by atoms with Gasteiger partial charge in [0.05, 0.1) is 10.2 Å². The third-order valence-electron chi connectivity index (χ3n) is 3.33. The van der Waals surface area contributed by atoms with E-state index in [2.05, 4.69) is 26.5 Å². The Morgan fingerprint density at radius 3 is 3.00 bits per heavy atom. The van der Waals surface area contributed by atoms with Gasteiger partial charge in [-0.15, -0.1) is 0 Å². The number of hydrogen-bond acceptors (Lipinski definition) is 6. The van der Waals surface area contributed by atoms with Crippen LogP contribution in [0.15, 0.2) is 28.8 Å². The van der Waals surface area contributed by atoms with E-state index in [-0.39, 0.29) is 0 Å². The number of fused-ring (bicyclic) bond motifs is 1. The van der Waals surface area contributed by atoms with E-state index < -0.39 is 0 Å². The van der Waals surface area contributed by atoms with Crippen molar-refractivity contribution in [3.63, 3.8) is 0 Å². The van der Waals surface area contributed by atoms with Crippen molar-refractivity contribution in [1.29, 1.82) is 0 Å². The number of para-hydroxylation sites is 1. The molecule has 102 valence electrons. The van der Waals surface area contributed by atoms with Gasteiger partial charge in [0.2, 0.25) is 5.89 Å². The summed E-state index contributed by atoms with van der Waals surface area (Å²) in [5.41, 5.74) is 1.04. The summed E-state index contributed by atoms with van der Waals surface area (Å²) in [6.45, 7) is 0.767. The minimum absolute atomic E-state index is 0.522. The lowest BCUT2D eigenvalue weighted by atomic mass is 10.3. The number of rotatable bonds is 5. The van der Waals surface area contributed by atoms with Gasteiger partial charge in [0.1, 0.15) is 0 Å². The highest BCUT2D eigenvalue weighted by atomic mass is 32.1. The number of hydrogen-bond donors (Lipinski definition) is 1. The standard InChI is InChI=1S/C14H14N4OS/c1-2-4-11-10(3-1)16-14(20-11)15-8-7-12-17-13(19-18-12)9-5-6-9/h1-4,9H,5-8H2,(H,15,16). The Morgan fingerprint density at radius 2 is 2.15 bits per heavy atom. The first-order valence-electron chi connectivity index (χ1n) is 6.80. The second kappa shape index (κ2) is 4.86. The van der Waals surface area contributed by atoms with Crippen molar-refractivity contribution in [3.05, 3.63) is 36.0 Å². The Bertz CT molecular complexity index is 698. The van der Waals surface area contributed by atoms with Gasteiger partial charge < -0.3 is 9.84 Å². The van der Waals surface area contributed by atoms with Crippen LogP contribution in [0.25, 0.3) is 10.2 Å². The van der Waals surface area contributed by atoms with Crippen molar-refractivity contribution in [1.82, 2.24) is 15.1 Å². The van der Waals surface area contributed by atoms with Gasteiger partial charge in [-0.2, -0.15) is 4.98 Å². The van der Waals surface area contributed by atoms with Crippen LogP contribution in [0.2, 0.25) is 0 Å². The fraction of sp³-hybridized carbons (Fsp3) is 0.357. The van der Waals surface area contributed by atoms with Gasteiger partial charge in [-0.1, -0.05) is 28.6 Å². The molecule has 1 saturated carbocycles. The van der Waals surface area contributed by atoms with Gasteiger partial charge in [-0.3, -0.25) is 0 Å². The van der Waals surface area contributed by atoms with Gasteiger partial charge >= 0.3 is 0 Å². The maximum Gasteiger partial charge on any atom is 0.229 e. The van der Waals surface area contributed by atoms with Crippen LogP contribution in [0.5, 0.6) is 0 Å². The zero-order valence-corrected chi connectivity index (χ0v) is 11.7. The molecular formula is C14H14N4OS. The Hall–Kier alpha value is -1.95. The first-order chi connectivity index (χ1) is 9.88. The highest BCUT2D eigenvalue weighted by molar-refractivity contribution is 7.22. The van der Waals surface area contributed by atoms with Gasteiger partial charge in [0, 0.05) is 18.9 Å². The average Bonchev–Trinajstić information content (AvgIpc) is 3.06. The first-order valence-corrected chi connectivity index (χ1v) is 7.62. The SMILES string of the molecule is c1ccc2sc(NCCc3noc(C4CC4)n3)nc2c1. The van der Waals surface area contributed by atoms with Crippen LogP contribution in [-0.4, -0.2) is 21.7 Å². The normalized spacial score (nSPS) is 14.8. The second-order valence-electron chi connectivity index (χ2n) is 4.99. The maximum atomic E-state index is 5.24. The number of benzene rings is 1. The highest BCUT2D eigenvalue weighted by Crippen LogP contribution is 2.38. The molecule has 4 rings (SSSR count). The van der Waals surface area contributed by atoms with E-state index in [1.54, 1.807) is 11.3 Å². The fourth-order valence-electron chi connectivity index (χ4n) is 2.09. The largest absolute Gasteiger partial charge is 0.361 e. The first kappa shape index (κ1) is 11.8. The Kier molecular flexibility index (Phi) is 2.88. The molecule has 1 aliphatic carbocycles. The molecule has 0 radical (unpaired) electrons. The van der Waals surface area contributed by atoms with E-state index in [9.17, 15) is 0 Å².